The third kappa shape index (κ3) is 4.24. The van der Waals surface area contributed by atoms with Crippen LogP contribution in [0.25, 0.3) is 0 Å². The van der Waals surface area contributed by atoms with E-state index in [9.17, 15) is 23.1 Å². The number of nitrogens with zero attached hydrogens (tertiary/aromatic N) is 2. The lowest BCUT2D eigenvalue weighted by atomic mass is 9.90. The van der Waals surface area contributed by atoms with Gasteiger partial charge in [-0.2, -0.15) is 4.31 Å². The summed E-state index contributed by atoms with van der Waals surface area (Å²) in [7, 11) is -3.57. The van der Waals surface area contributed by atoms with Gasteiger partial charge in [0.1, 0.15) is 0 Å². The fraction of sp³-hybridized carbons (Fsp3) is 0.556. The number of carboxylic acids is 1. The van der Waals surface area contributed by atoms with Crippen molar-refractivity contribution < 1.29 is 23.1 Å². The highest BCUT2D eigenvalue weighted by Crippen LogP contribution is 2.24. The number of aliphatic carboxylic acids is 1. The third-order valence-electron chi connectivity index (χ3n) is 4.74. The van der Waals surface area contributed by atoms with Crippen LogP contribution in [-0.2, 0) is 14.8 Å². The van der Waals surface area contributed by atoms with Crippen molar-refractivity contribution in [1.29, 1.82) is 0 Å². The van der Waals surface area contributed by atoms with E-state index in [1.165, 1.54) is 28.6 Å². The molecular formula is C18H26N2O5S. The number of sulfonamides is 1. The molecule has 2 atom stereocenters. The van der Waals surface area contributed by atoms with Gasteiger partial charge in [-0.25, -0.2) is 8.42 Å². The molecular weight excluding hydrogens is 356 g/mol. The van der Waals surface area contributed by atoms with Crippen LogP contribution in [0.1, 0.15) is 37.6 Å². The highest BCUT2D eigenvalue weighted by Gasteiger charge is 2.32. The zero-order valence-electron chi connectivity index (χ0n) is 15.4. The molecule has 1 saturated heterocycles. The lowest BCUT2D eigenvalue weighted by molar-refractivity contribution is -0.143. The maximum Gasteiger partial charge on any atom is 0.308 e. The first kappa shape index (κ1) is 20.4. The summed E-state index contributed by atoms with van der Waals surface area (Å²) in [6.07, 6.45) is 0.556. The summed E-state index contributed by atoms with van der Waals surface area (Å²) in [6.45, 7) is 6.91. The zero-order valence-corrected chi connectivity index (χ0v) is 16.2. The van der Waals surface area contributed by atoms with E-state index in [-0.39, 0.29) is 23.3 Å². The van der Waals surface area contributed by atoms with Crippen molar-refractivity contribution in [2.24, 2.45) is 11.8 Å². The van der Waals surface area contributed by atoms with Crippen molar-refractivity contribution in [3.05, 3.63) is 29.8 Å². The molecule has 0 spiro atoms. The highest BCUT2D eigenvalue weighted by atomic mass is 32.2. The molecule has 1 heterocycles. The van der Waals surface area contributed by atoms with Crippen molar-refractivity contribution >= 4 is 21.9 Å². The second kappa shape index (κ2) is 8.18. The van der Waals surface area contributed by atoms with Crippen LogP contribution in [0.5, 0.6) is 0 Å². The Kier molecular flexibility index (Phi) is 6.41. The van der Waals surface area contributed by atoms with E-state index < -0.39 is 21.9 Å². The number of likely N-dealkylation sites (tertiary alicyclic amines) is 1. The van der Waals surface area contributed by atoms with Crippen molar-refractivity contribution in [2.45, 2.75) is 32.1 Å². The summed E-state index contributed by atoms with van der Waals surface area (Å²) in [4.78, 5) is 25.7. The van der Waals surface area contributed by atoms with Gasteiger partial charge >= 0.3 is 5.97 Å². The normalized spacial score (nSPS) is 21.0. The van der Waals surface area contributed by atoms with Crippen LogP contribution in [0.4, 0.5) is 0 Å². The van der Waals surface area contributed by atoms with E-state index in [1.807, 2.05) is 6.92 Å². The zero-order chi connectivity index (χ0) is 19.5. The lowest BCUT2D eigenvalue weighted by Crippen LogP contribution is -2.45. The lowest BCUT2D eigenvalue weighted by Gasteiger charge is -2.34. The molecule has 1 aliphatic rings. The van der Waals surface area contributed by atoms with Gasteiger partial charge in [0.2, 0.25) is 10.0 Å². The summed E-state index contributed by atoms with van der Waals surface area (Å²) in [5, 5.41) is 9.24. The smallest absolute Gasteiger partial charge is 0.308 e. The summed E-state index contributed by atoms with van der Waals surface area (Å²) >= 11 is 0. The molecule has 1 aliphatic heterocycles. The maximum absolute atomic E-state index is 12.7. The number of piperidine rings is 1. The largest absolute Gasteiger partial charge is 0.481 e. The van der Waals surface area contributed by atoms with Crippen molar-refractivity contribution in [3.63, 3.8) is 0 Å². The van der Waals surface area contributed by atoms with Gasteiger partial charge in [0, 0.05) is 31.7 Å². The standard InChI is InChI=1S/C18H26N2O5S/c1-4-20(5-2)26(24,25)16-8-6-14(7-9-16)17(21)19-11-13(3)10-15(12-19)18(22)23/h6-9,13,15H,4-5,10-12H2,1-3H3,(H,22,23). The van der Waals surface area contributed by atoms with E-state index in [0.29, 0.717) is 31.6 Å². The van der Waals surface area contributed by atoms with Gasteiger partial charge in [0.05, 0.1) is 10.8 Å². The Morgan fingerprint density at radius 1 is 1.15 bits per heavy atom. The Bertz CT molecular complexity index is 756. The number of benzene rings is 1. The molecule has 144 valence electrons. The molecule has 2 rings (SSSR count). The van der Waals surface area contributed by atoms with Crippen LogP contribution >= 0.6 is 0 Å². The van der Waals surface area contributed by atoms with Crippen LogP contribution in [0.2, 0.25) is 0 Å². The molecule has 7 nitrogen and oxygen atoms in total. The molecule has 0 saturated carbocycles. The minimum atomic E-state index is -3.57. The number of carboxylic acid groups (broad SMARTS) is 1. The summed E-state index contributed by atoms with van der Waals surface area (Å²) in [5.41, 5.74) is 0.363. The molecule has 1 amide bonds. The van der Waals surface area contributed by atoms with Crippen LogP contribution in [0.15, 0.2) is 29.2 Å². The second-order valence-electron chi connectivity index (χ2n) is 6.70. The van der Waals surface area contributed by atoms with Gasteiger partial charge in [-0.05, 0) is 36.6 Å². The Labute approximate surface area is 154 Å². The van der Waals surface area contributed by atoms with E-state index >= 15 is 0 Å². The number of hydrogen-bond donors (Lipinski definition) is 1. The Balaban J connectivity index is 2.20. The molecule has 0 aliphatic carbocycles. The number of rotatable bonds is 6. The quantitative estimate of drug-likeness (QED) is 0.811. The number of amides is 1. The molecule has 0 aromatic heterocycles. The Hall–Kier alpha value is -1.93. The van der Waals surface area contributed by atoms with Crippen molar-refractivity contribution in [3.8, 4) is 0 Å². The van der Waals surface area contributed by atoms with Gasteiger partial charge < -0.3 is 10.0 Å². The predicted octanol–water partition coefficient (Wildman–Crippen LogP) is 1.90. The predicted molar refractivity (Wildman–Crippen MR) is 97.4 cm³/mol. The second-order valence-corrected chi connectivity index (χ2v) is 8.64. The number of carbonyl (C=O) groups is 2. The van der Waals surface area contributed by atoms with E-state index in [4.69, 9.17) is 0 Å². The molecule has 1 fully saturated rings. The topological polar surface area (TPSA) is 95.0 Å². The molecule has 0 bridgehead atoms. The molecule has 0 radical (unpaired) electrons. The molecule has 1 aromatic carbocycles. The first-order valence-electron chi connectivity index (χ1n) is 8.83. The molecule has 26 heavy (non-hydrogen) atoms. The third-order valence-corrected chi connectivity index (χ3v) is 6.80. The van der Waals surface area contributed by atoms with Gasteiger partial charge in [0.15, 0.2) is 0 Å². The van der Waals surface area contributed by atoms with Crippen LogP contribution < -0.4 is 0 Å². The summed E-state index contributed by atoms with van der Waals surface area (Å²) < 4.78 is 26.4. The first-order chi connectivity index (χ1) is 12.2. The monoisotopic (exact) mass is 382 g/mol. The van der Waals surface area contributed by atoms with Crippen molar-refractivity contribution in [2.75, 3.05) is 26.2 Å². The average molecular weight is 382 g/mol. The van der Waals surface area contributed by atoms with Crippen molar-refractivity contribution in [1.82, 2.24) is 9.21 Å². The van der Waals surface area contributed by atoms with Gasteiger partial charge in [-0.3, -0.25) is 9.59 Å². The SMILES string of the molecule is CCN(CC)S(=O)(=O)c1ccc(C(=O)N2CC(C)CC(C(=O)O)C2)cc1. The van der Waals surface area contributed by atoms with Gasteiger partial charge in [-0.1, -0.05) is 20.8 Å². The van der Waals surface area contributed by atoms with Gasteiger partial charge in [-0.15, -0.1) is 0 Å². The van der Waals surface area contributed by atoms with Crippen LogP contribution in [0.3, 0.4) is 0 Å². The summed E-state index contributed by atoms with van der Waals surface area (Å²) in [5.74, 6) is -1.62. The minimum absolute atomic E-state index is 0.108. The van der Waals surface area contributed by atoms with E-state index in [0.717, 1.165) is 0 Å². The van der Waals surface area contributed by atoms with E-state index in [2.05, 4.69) is 0 Å². The molecule has 1 N–H and O–H groups in total. The number of hydrogen-bond acceptors (Lipinski definition) is 4. The first-order valence-corrected chi connectivity index (χ1v) is 10.3. The van der Waals surface area contributed by atoms with Gasteiger partial charge in [0.25, 0.3) is 5.91 Å². The minimum Gasteiger partial charge on any atom is -0.481 e. The maximum atomic E-state index is 12.7. The number of carbonyl (C=O) groups excluding carboxylic acids is 1. The summed E-state index contributed by atoms with van der Waals surface area (Å²) in [6, 6.07) is 5.85. The molecule has 2 unspecified atom stereocenters. The van der Waals surface area contributed by atoms with Crippen LogP contribution in [0, 0.1) is 11.8 Å². The fourth-order valence-electron chi connectivity index (χ4n) is 3.36. The fourth-order valence-corrected chi connectivity index (χ4v) is 4.82. The molecule has 8 heteroatoms. The Morgan fingerprint density at radius 3 is 2.23 bits per heavy atom. The Morgan fingerprint density at radius 2 is 1.73 bits per heavy atom. The average Bonchev–Trinajstić information content (AvgIpc) is 2.61. The van der Waals surface area contributed by atoms with E-state index in [1.54, 1.807) is 18.7 Å². The van der Waals surface area contributed by atoms with Crippen LogP contribution in [-0.4, -0.2) is 60.8 Å². The molecule has 1 aromatic rings. The highest BCUT2D eigenvalue weighted by molar-refractivity contribution is 7.89.